The maximum Gasteiger partial charge on any atom is 0.416 e. The molecule has 2 aromatic rings. The molecule has 0 atom stereocenters. The van der Waals surface area contributed by atoms with Gasteiger partial charge < -0.3 is 15.1 Å². The van der Waals surface area contributed by atoms with E-state index in [1.54, 1.807) is 11.8 Å². The fraction of sp³-hybridized carbons (Fsp3) is 0.333. The number of carbonyl (C=O) groups excluding carboxylic acids is 2. The monoisotopic (exact) mass is 393 g/mol. The van der Waals surface area contributed by atoms with Gasteiger partial charge in [-0.2, -0.15) is 13.2 Å². The lowest BCUT2D eigenvalue weighted by molar-refractivity contribution is -0.137. The highest BCUT2D eigenvalue weighted by Crippen LogP contribution is 2.30. The average molecular weight is 393 g/mol. The van der Waals surface area contributed by atoms with Crippen molar-refractivity contribution in [3.63, 3.8) is 0 Å². The Morgan fingerprint density at radius 3 is 2.50 bits per heavy atom. The number of hydrogen-bond acceptors (Lipinski definition) is 5. The van der Waals surface area contributed by atoms with Crippen LogP contribution in [0.15, 0.2) is 30.3 Å². The first-order chi connectivity index (χ1) is 13.3. The molecule has 0 spiro atoms. The molecule has 0 radical (unpaired) electrons. The molecule has 1 saturated heterocycles. The molecule has 7 nitrogen and oxygen atoms in total. The Morgan fingerprint density at radius 1 is 1.14 bits per heavy atom. The molecule has 0 unspecified atom stereocenters. The normalized spacial score (nSPS) is 14.7. The van der Waals surface area contributed by atoms with E-state index in [0.717, 1.165) is 18.5 Å². The molecule has 1 aliphatic heterocycles. The predicted octanol–water partition coefficient (Wildman–Crippen LogP) is 2.33. The first kappa shape index (κ1) is 19.6. The van der Waals surface area contributed by atoms with E-state index >= 15 is 0 Å². The van der Waals surface area contributed by atoms with E-state index in [4.69, 9.17) is 0 Å². The molecule has 148 valence electrons. The van der Waals surface area contributed by atoms with Gasteiger partial charge in [-0.25, -0.2) is 9.97 Å². The van der Waals surface area contributed by atoms with Crippen LogP contribution in [0, 0.1) is 6.92 Å². The number of piperazine rings is 1. The summed E-state index contributed by atoms with van der Waals surface area (Å²) >= 11 is 0. The number of benzene rings is 1. The van der Waals surface area contributed by atoms with Crippen LogP contribution >= 0.6 is 0 Å². The van der Waals surface area contributed by atoms with Crippen molar-refractivity contribution in [2.24, 2.45) is 0 Å². The molecule has 3 rings (SSSR count). The molecular weight excluding hydrogens is 375 g/mol. The zero-order valence-corrected chi connectivity index (χ0v) is 15.0. The SMILES string of the molecule is Cc1nc(C(=O)Nc2cccc(C(F)(F)F)c2)cc(N2CCN(C=O)CC2)n1. The van der Waals surface area contributed by atoms with Crippen molar-refractivity contribution in [2.75, 3.05) is 36.4 Å². The lowest BCUT2D eigenvalue weighted by Gasteiger charge is -2.33. The van der Waals surface area contributed by atoms with Crippen molar-refractivity contribution in [1.82, 2.24) is 14.9 Å². The largest absolute Gasteiger partial charge is 0.416 e. The van der Waals surface area contributed by atoms with Crippen LogP contribution in [0.25, 0.3) is 0 Å². The molecule has 1 fully saturated rings. The number of rotatable bonds is 4. The summed E-state index contributed by atoms with van der Waals surface area (Å²) in [6.07, 6.45) is -3.71. The van der Waals surface area contributed by atoms with E-state index in [0.29, 0.717) is 37.8 Å². The number of aryl methyl sites for hydroxylation is 1. The topological polar surface area (TPSA) is 78.4 Å². The van der Waals surface area contributed by atoms with Gasteiger partial charge in [0.2, 0.25) is 6.41 Å². The van der Waals surface area contributed by atoms with Gasteiger partial charge in [0.15, 0.2) is 0 Å². The summed E-state index contributed by atoms with van der Waals surface area (Å²) < 4.78 is 38.5. The highest BCUT2D eigenvalue weighted by molar-refractivity contribution is 6.03. The number of carbonyl (C=O) groups is 2. The third-order valence-electron chi connectivity index (χ3n) is 4.29. The van der Waals surface area contributed by atoms with Crippen LogP contribution < -0.4 is 10.2 Å². The molecule has 28 heavy (non-hydrogen) atoms. The van der Waals surface area contributed by atoms with Crippen LogP contribution in [0.4, 0.5) is 24.7 Å². The van der Waals surface area contributed by atoms with Gasteiger partial charge in [-0.3, -0.25) is 9.59 Å². The van der Waals surface area contributed by atoms with Crippen molar-refractivity contribution in [3.8, 4) is 0 Å². The van der Waals surface area contributed by atoms with E-state index < -0.39 is 17.6 Å². The second-order valence-electron chi connectivity index (χ2n) is 6.32. The highest BCUT2D eigenvalue weighted by atomic mass is 19.4. The lowest BCUT2D eigenvalue weighted by atomic mass is 10.2. The summed E-state index contributed by atoms with van der Waals surface area (Å²) in [5.74, 6) is 0.273. The summed E-state index contributed by atoms with van der Waals surface area (Å²) in [4.78, 5) is 35.3. The Labute approximate surface area is 159 Å². The summed E-state index contributed by atoms with van der Waals surface area (Å²) in [6, 6.07) is 5.89. The number of halogens is 3. The van der Waals surface area contributed by atoms with Crippen LogP contribution in [0.1, 0.15) is 21.9 Å². The quantitative estimate of drug-likeness (QED) is 0.807. The Morgan fingerprint density at radius 2 is 1.86 bits per heavy atom. The lowest BCUT2D eigenvalue weighted by Crippen LogP contribution is -2.46. The summed E-state index contributed by atoms with van der Waals surface area (Å²) in [5, 5.41) is 2.44. The van der Waals surface area contributed by atoms with Gasteiger partial charge in [0.05, 0.1) is 5.56 Å². The minimum Gasteiger partial charge on any atom is -0.353 e. The molecule has 1 aromatic carbocycles. The second kappa shape index (κ2) is 7.83. The molecular formula is C18H18F3N5O2. The summed E-state index contributed by atoms with van der Waals surface area (Å²) in [6.45, 7) is 3.83. The Kier molecular flexibility index (Phi) is 5.48. The fourth-order valence-electron chi connectivity index (χ4n) is 2.86. The van der Waals surface area contributed by atoms with Crippen LogP contribution in [-0.4, -0.2) is 53.4 Å². The molecule has 1 N–H and O–H groups in total. The van der Waals surface area contributed by atoms with E-state index in [9.17, 15) is 22.8 Å². The maximum atomic E-state index is 12.8. The molecule has 1 aliphatic rings. The van der Waals surface area contributed by atoms with E-state index in [-0.39, 0.29) is 11.4 Å². The minimum atomic E-state index is -4.50. The van der Waals surface area contributed by atoms with Gasteiger partial charge >= 0.3 is 6.18 Å². The van der Waals surface area contributed by atoms with Crippen LogP contribution in [0.2, 0.25) is 0 Å². The number of amides is 2. The zero-order chi connectivity index (χ0) is 20.3. The van der Waals surface area contributed by atoms with Gasteiger partial charge in [0.1, 0.15) is 17.3 Å². The highest BCUT2D eigenvalue weighted by Gasteiger charge is 2.30. The third kappa shape index (κ3) is 4.56. The molecule has 1 aromatic heterocycles. The average Bonchev–Trinajstić information content (AvgIpc) is 2.67. The standard InChI is InChI=1S/C18H18F3N5O2/c1-12-22-15(10-16(23-12)26-7-5-25(11-27)6-8-26)17(28)24-14-4-2-3-13(9-14)18(19,20)21/h2-4,9-11H,5-8H2,1H3,(H,24,28). The van der Waals surface area contributed by atoms with Gasteiger partial charge in [-0.1, -0.05) is 6.07 Å². The smallest absolute Gasteiger partial charge is 0.353 e. The first-order valence-electron chi connectivity index (χ1n) is 8.55. The molecule has 0 saturated carbocycles. The predicted molar refractivity (Wildman–Crippen MR) is 96.0 cm³/mol. The fourth-order valence-corrected chi connectivity index (χ4v) is 2.86. The van der Waals surface area contributed by atoms with Crippen molar-refractivity contribution in [3.05, 3.63) is 47.4 Å². The van der Waals surface area contributed by atoms with Crippen molar-refractivity contribution >= 4 is 23.8 Å². The van der Waals surface area contributed by atoms with Crippen LogP contribution in [-0.2, 0) is 11.0 Å². The van der Waals surface area contributed by atoms with E-state index in [2.05, 4.69) is 15.3 Å². The van der Waals surface area contributed by atoms with E-state index in [1.807, 2.05) is 4.90 Å². The van der Waals surface area contributed by atoms with Crippen molar-refractivity contribution in [2.45, 2.75) is 13.1 Å². The van der Waals surface area contributed by atoms with Crippen LogP contribution in [0.3, 0.4) is 0 Å². The number of anilines is 2. The van der Waals surface area contributed by atoms with Crippen molar-refractivity contribution < 1.29 is 22.8 Å². The Balaban J connectivity index is 1.77. The second-order valence-corrected chi connectivity index (χ2v) is 6.32. The maximum absolute atomic E-state index is 12.8. The summed E-state index contributed by atoms with van der Waals surface area (Å²) in [7, 11) is 0. The minimum absolute atomic E-state index is 0.0252. The Hall–Kier alpha value is -3.17. The number of aromatic nitrogens is 2. The number of nitrogens with zero attached hydrogens (tertiary/aromatic N) is 4. The van der Waals surface area contributed by atoms with Gasteiger partial charge in [0.25, 0.3) is 5.91 Å². The van der Waals surface area contributed by atoms with Gasteiger partial charge in [0, 0.05) is 37.9 Å². The van der Waals surface area contributed by atoms with Crippen LogP contribution in [0.5, 0.6) is 0 Å². The van der Waals surface area contributed by atoms with Gasteiger partial charge in [-0.05, 0) is 25.1 Å². The number of hydrogen-bond donors (Lipinski definition) is 1. The van der Waals surface area contributed by atoms with E-state index in [1.165, 1.54) is 18.2 Å². The van der Waals surface area contributed by atoms with Gasteiger partial charge in [-0.15, -0.1) is 0 Å². The molecule has 10 heteroatoms. The number of nitrogens with one attached hydrogen (secondary N) is 1. The number of alkyl halides is 3. The molecule has 0 bridgehead atoms. The van der Waals surface area contributed by atoms with Crippen molar-refractivity contribution in [1.29, 1.82) is 0 Å². The molecule has 2 heterocycles. The Bertz CT molecular complexity index is 880. The first-order valence-corrected chi connectivity index (χ1v) is 8.55. The molecule has 0 aliphatic carbocycles. The third-order valence-corrected chi connectivity index (χ3v) is 4.29. The zero-order valence-electron chi connectivity index (χ0n) is 15.0. The molecule has 2 amide bonds. The summed E-state index contributed by atoms with van der Waals surface area (Å²) in [5.41, 5.74) is -0.770.